The molecule has 40 heavy (non-hydrogen) atoms. The quantitative estimate of drug-likeness (QED) is 0.0996. The van der Waals surface area contributed by atoms with Gasteiger partial charge in [0.25, 0.3) is 0 Å². The number of carbonyl (C=O) groups is 6. The van der Waals surface area contributed by atoms with Crippen molar-refractivity contribution in [1.82, 2.24) is 25.9 Å². The molecule has 16 nitrogen and oxygen atoms in total. The fraction of sp³-hybridized carbons (Fsp3) is 0.375. The molecular weight excluding hydrogens is 528 g/mol. The Morgan fingerprint density at radius 3 is 1.95 bits per heavy atom. The maximum absolute atomic E-state index is 13.4. The Morgan fingerprint density at radius 1 is 0.850 bits per heavy atom. The molecule has 0 bridgehead atoms. The largest absolute Gasteiger partial charge is 0.508 e. The Labute approximate surface area is 228 Å². The summed E-state index contributed by atoms with van der Waals surface area (Å²) in [4.78, 5) is 79.7. The first-order valence-electron chi connectivity index (χ1n) is 12.1. The minimum atomic E-state index is -1.48. The molecule has 12 N–H and O–H groups in total. The second-order valence-electron chi connectivity index (χ2n) is 8.96. The molecule has 216 valence electrons. The lowest BCUT2D eigenvalue weighted by atomic mass is 10.0. The van der Waals surface area contributed by atoms with Crippen LogP contribution in [-0.4, -0.2) is 79.9 Å². The van der Waals surface area contributed by atoms with Crippen molar-refractivity contribution in [1.29, 1.82) is 0 Å². The number of nitrogens with one attached hydrogen (secondary N) is 4. The summed E-state index contributed by atoms with van der Waals surface area (Å²) in [6.45, 7) is 0. The molecule has 2 rings (SSSR count). The van der Waals surface area contributed by atoms with E-state index in [-0.39, 0.29) is 31.4 Å². The Kier molecular flexibility index (Phi) is 11.6. The lowest BCUT2D eigenvalue weighted by molar-refractivity contribution is -0.142. The summed E-state index contributed by atoms with van der Waals surface area (Å²) in [6, 6.07) is 0.242. The van der Waals surface area contributed by atoms with Crippen molar-refractivity contribution in [2.45, 2.75) is 56.3 Å². The van der Waals surface area contributed by atoms with Gasteiger partial charge in [-0.05, 0) is 24.1 Å². The minimum absolute atomic E-state index is 0.0409. The number of rotatable bonds is 16. The van der Waals surface area contributed by atoms with Gasteiger partial charge in [-0.3, -0.25) is 24.0 Å². The summed E-state index contributed by atoms with van der Waals surface area (Å²) >= 11 is 0. The first kappa shape index (κ1) is 31.2. The first-order valence-corrected chi connectivity index (χ1v) is 12.1. The van der Waals surface area contributed by atoms with Crippen LogP contribution >= 0.6 is 0 Å². The number of aromatic nitrogens is 2. The molecule has 5 amide bonds. The standard InChI is InChI=1S/C24H32N8O8/c25-15(9-20(27)35)21(36)31-18(8-13-10-28-11-29-13)23(38)32-17(7-12-1-3-14(33)4-2-12)22(37)30-16(24(39)40)5-6-19(26)34/h1-4,10-11,15-18,33H,5-9,25H2,(H2,26,34)(H2,27,35)(H,28,29)(H,30,37)(H,31,36)(H,32,38)(H,39,40). The van der Waals surface area contributed by atoms with Crippen LogP contribution in [0.4, 0.5) is 0 Å². The second-order valence-corrected chi connectivity index (χ2v) is 8.96. The fourth-order valence-electron chi connectivity index (χ4n) is 3.58. The number of aliphatic carboxylic acids is 1. The molecule has 0 aliphatic carbocycles. The van der Waals surface area contributed by atoms with Gasteiger partial charge in [0.05, 0.1) is 18.8 Å². The topological polar surface area (TPSA) is 286 Å². The van der Waals surface area contributed by atoms with Gasteiger partial charge in [-0.25, -0.2) is 9.78 Å². The van der Waals surface area contributed by atoms with E-state index in [0.29, 0.717) is 11.3 Å². The van der Waals surface area contributed by atoms with Gasteiger partial charge in [-0.15, -0.1) is 0 Å². The van der Waals surface area contributed by atoms with Crippen molar-refractivity contribution in [3.63, 3.8) is 0 Å². The van der Waals surface area contributed by atoms with E-state index in [1.165, 1.54) is 36.8 Å². The van der Waals surface area contributed by atoms with E-state index in [2.05, 4.69) is 25.9 Å². The fourth-order valence-corrected chi connectivity index (χ4v) is 3.58. The smallest absolute Gasteiger partial charge is 0.326 e. The lowest BCUT2D eigenvalue weighted by Gasteiger charge is -2.25. The third-order valence-electron chi connectivity index (χ3n) is 5.67. The summed E-state index contributed by atoms with van der Waals surface area (Å²) in [5.41, 5.74) is 16.8. The number of imidazole rings is 1. The zero-order chi connectivity index (χ0) is 29.8. The average molecular weight is 561 g/mol. The van der Waals surface area contributed by atoms with Crippen LogP contribution in [0.3, 0.4) is 0 Å². The number of nitrogens with zero attached hydrogens (tertiary/aromatic N) is 1. The lowest BCUT2D eigenvalue weighted by Crippen LogP contribution is -2.58. The number of phenols is 1. The average Bonchev–Trinajstić information content (AvgIpc) is 3.39. The van der Waals surface area contributed by atoms with Crippen LogP contribution in [-0.2, 0) is 41.6 Å². The maximum Gasteiger partial charge on any atom is 0.326 e. The van der Waals surface area contributed by atoms with Crippen LogP contribution in [0.25, 0.3) is 0 Å². The van der Waals surface area contributed by atoms with E-state index in [4.69, 9.17) is 17.2 Å². The van der Waals surface area contributed by atoms with Gasteiger partial charge in [0, 0.05) is 31.2 Å². The molecule has 0 aliphatic rings. The normalized spacial score (nSPS) is 13.7. The number of primary amides is 2. The number of hydrogen-bond acceptors (Lipinski definition) is 9. The van der Waals surface area contributed by atoms with Crippen molar-refractivity contribution >= 4 is 35.5 Å². The first-order chi connectivity index (χ1) is 18.8. The van der Waals surface area contributed by atoms with Crippen LogP contribution < -0.4 is 33.2 Å². The molecule has 2 aromatic rings. The Bertz CT molecular complexity index is 1200. The van der Waals surface area contributed by atoms with Crippen molar-refractivity contribution in [3.8, 4) is 5.75 Å². The highest BCUT2D eigenvalue weighted by atomic mass is 16.4. The highest BCUT2D eigenvalue weighted by Crippen LogP contribution is 2.12. The van der Waals surface area contributed by atoms with Crippen LogP contribution in [0.5, 0.6) is 5.75 Å². The minimum Gasteiger partial charge on any atom is -0.508 e. The number of carboxylic acid groups (broad SMARTS) is 1. The molecular formula is C24H32N8O8. The number of phenolic OH excluding ortho intramolecular Hbond substituents is 1. The van der Waals surface area contributed by atoms with E-state index < -0.39 is 66.1 Å². The van der Waals surface area contributed by atoms with Gasteiger partial charge in [0.1, 0.15) is 23.9 Å². The number of amides is 5. The predicted molar refractivity (Wildman–Crippen MR) is 138 cm³/mol. The molecule has 0 saturated heterocycles. The number of carbonyl (C=O) groups excluding carboxylic acids is 5. The number of aromatic amines is 1. The summed E-state index contributed by atoms with van der Waals surface area (Å²) in [6.07, 6.45) is 1.45. The van der Waals surface area contributed by atoms with Gasteiger partial charge in [-0.2, -0.15) is 0 Å². The van der Waals surface area contributed by atoms with E-state index in [1.54, 1.807) is 0 Å². The van der Waals surface area contributed by atoms with E-state index in [9.17, 15) is 39.0 Å². The summed E-state index contributed by atoms with van der Waals surface area (Å²) < 4.78 is 0. The van der Waals surface area contributed by atoms with Crippen molar-refractivity contribution in [2.24, 2.45) is 17.2 Å². The highest BCUT2D eigenvalue weighted by Gasteiger charge is 2.31. The van der Waals surface area contributed by atoms with Crippen LogP contribution in [0, 0.1) is 0 Å². The van der Waals surface area contributed by atoms with Gasteiger partial charge in [0.2, 0.25) is 29.5 Å². The van der Waals surface area contributed by atoms with Gasteiger partial charge in [-0.1, -0.05) is 12.1 Å². The zero-order valence-corrected chi connectivity index (χ0v) is 21.3. The van der Waals surface area contributed by atoms with Crippen molar-refractivity contribution in [3.05, 3.63) is 48.0 Å². The highest BCUT2D eigenvalue weighted by molar-refractivity contribution is 5.95. The molecule has 1 aromatic heterocycles. The molecule has 1 aromatic carbocycles. The molecule has 4 unspecified atom stereocenters. The maximum atomic E-state index is 13.4. The molecule has 0 aliphatic heterocycles. The molecule has 16 heteroatoms. The molecule has 1 heterocycles. The molecule has 0 radical (unpaired) electrons. The molecule has 0 fully saturated rings. The SMILES string of the molecule is NC(=O)CCC(NC(=O)C(Cc1ccc(O)cc1)NC(=O)C(Cc1cnc[nH]1)NC(=O)C(N)CC(N)=O)C(=O)O. The zero-order valence-electron chi connectivity index (χ0n) is 21.3. The Hall–Kier alpha value is -4.99. The van der Waals surface area contributed by atoms with Crippen LogP contribution in [0.1, 0.15) is 30.5 Å². The molecule has 4 atom stereocenters. The third-order valence-corrected chi connectivity index (χ3v) is 5.67. The van der Waals surface area contributed by atoms with Gasteiger partial charge < -0.3 is 48.3 Å². The van der Waals surface area contributed by atoms with E-state index in [0.717, 1.165) is 0 Å². The number of benzene rings is 1. The third kappa shape index (κ3) is 10.4. The van der Waals surface area contributed by atoms with Gasteiger partial charge in [0.15, 0.2) is 0 Å². The number of carboxylic acids is 1. The van der Waals surface area contributed by atoms with Crippen LogP contribution in [0.15, 0.2) is 36.8 Å². The predicted octanol–water partition coefficient (Wildman–Crippen LogP) is -3.09. The summed E-state index contributed by atoms with van der Waals surface area (Å²) in [7, 11) is 0. The van der Waals surface area contributed by atoms with Crippen molar-refractivity contribution in [2.75, 3.05) is 0 Å². The van der Waals surface area contributed by atoms with Crippen molar-refractivity contribution < 1.29 is 39.0 Å². The number of hydrogen-bond donors (Lipinski definition) is 9. The number of aromatic hydroxyl groups is 1. The number of nitrogens with two attached hydrogens (primary N) is 3. The second kappa shape index (κ2) is 14.8. The van der Waals surface area contributed by atoms with E-state index in [1.807, 2.05) is 0 Å². The monoisotopic (exact) mass is 560 g/mol. The Morgan fingerprint density at radius 2 is 1.43 bits per heavy atom. The van der Waals surface area contributed by atoms with Crippen LogP contribution in [0.2, 0.25) is 0 Å². The van der Waals surface area contributed by atoms with Gasteiger partial charge >= 0.3 is 5.97 Å². The summed E-state index contributed by atoms with van der Waals surface area (Å²) in [5, 5.41) is 26.3. The number of H-pyrrole nitrogens is 1. The Balaban J connectivity index is 2.29. The van der Waals surface area contributed by atoms with E-state index >= 15 is 0 Å². The molecule has 0 spiro atoms. The molecule has 0 saturated carbocycles. The summed E-state index contributed by atoms with van der Waals surface area (Å²) in [5.74, 6) is -5.63.